The molecule has 1 N–H and O–H groups in total. The van der Waals surface area contributed by atoms with E-state index in [1.807, 2.05) is 19.9 Å². The van der Waals surface area contributed by atoms with Gasteiger partial charge in [-0.05, 0) is 43.7 Å². The van der Waals surface area contributed by atoms with Gasteiger partial charge in [0.2, 0.25) is 0 Å². The first-order valence-corrected chi connectivity index (χ1v) is 8.31. The molecule has 0 bridgehead atoms. The van der Waals surface area contributed by atoms with Crippen molar-refractivity contribution in [3.63, 3.8) is 0 Å². The van der Waals surface area contributed by atoms with Gasteiger partial charge < -0.3 is 10.1 Å². The fourth-order valence-electron chi connectivity index (χ4n) is 2.17. The molecule has 0 spiro atoms. The summed E-state index contributed by atoms with van der Waals surface area (Å²) in [6.45, 7) is 3.74. The summed E-state index contributed by atoms with van der Waals surface area (Å²) in [4.78, 5) is 22.5. The number of carbonyl (C=O) groups excluding carboxylic acids is 1. The Morgan fingerprint density at radius 3 is 2.67 bits per heavy atom. The Labute approximate surface area is 161 Å². The van der Waals surface area contributed by atoms with Crippen LogP contribution in [0.3, 0.4) is 0 Å². The van der Waals surface area contributed by atoms with Crippen LogP contribution in [0.15, 0.2) is 48.0 Å². The number of rotatable bonds is 6. The number of nitro benzene ring substituents is 1. The molecule has 0 unspecified atom stereocenters. The molecule has 2 aromatic rings. The van der Waals surface area contributed by atoms with Gasteiger partial charge in [0.15, 0.2) is 0 Å². The summed E-state index contributed by atoms with van der Waals surface area (Å²) in [7, 11) is 0. The van der Waals surface area contributed by atoms with Crippen molar-refractivity contribution in [1.29, 1.82) is 5.26 Å². The Hall–Kier alpha value is -3.37. The van der Waals surface area contributed by atoms with Crippen LogP contribution in [0.2, 0.25) is 5.02 Å². The van der Waals surface area contributed by atoms with Crippen LogP contribution < -0.4 is 10.1 Å². The van der Waals surface area contributed by atoms with Crippen LogP contribution in [0, 0.1) is 21.4 Å². The molecule has 0 aliphatic rings. The highest BCUT2D eigenvalue weighted by Crippen LogP contribution is 2.27. The molecule has 1 amide bonds. The van der Waals surface area contributed by atoms with Gasteiger partial charge in [-0.25, -0.2) is 0 Å². The van der Waals surface area contributed by atoms with Crippen LogP contribution in [0.4, 0.5) is 11.4 Å². The fraction of sp³-hybridized carbons (Fsp3) is 0.158. The minimum absolute atomic E-state index is 0.0423. The van der Waals surface area contributed by atoms with E-state index in [0.717, 1.165) is 0 Å². The highest BCUT2D eigenvalue weighted by molar-refractivity contribution is 6.32. The third-order valence-electron chi connectivity index (χ3n) is 3.31. The molecule has 0 aliphatic carbocycles. The lowest BCUT2D eigenvalue weighted by atomic mass is 10.1. The molecule has 2 aromatic carbocycles. The molecule has 0 fully saturated rings. The molecular weight excluding hydrogens is 370 g/mol. The predicted molar refractivity (Wildman–Crippen MR) is 103 cm³/mol. The molecule has 0 aliphatic heterocycles. The fourth-order valence-corrected chi connectivity index (χ4v) is 2.40. The molecule has 0 saturated heterocycles. The third-order valence-corrected chi connectivity index (χ3v) is 3.60. The monoisotopic (exact) mass is 385 g/mol. The highest BCUT2D eigenvalue weighted by atomic mass is 35.5. The van der Waals surface area contributed by atoms with E-state index < -0.39 is 10.8 Å². The smallest absolute Gasteiger partial charge is 0.271 e. The highest BCUT2D eigenvalue weighted by Gasteiger charge is 2.13. The van der Waals surface area contributed by atoms with Crippen molar-refractivity contribution >= 4 is 35.0 Å². The number of carbonyl (C=O) groups is 1. The number of ether oxygens (including phenoxy) is 1. The Bertz CT molecular complexity index is 948. The van der Waals surface area contributed by atoms with Crippen LogP contribution >= 0.6 is 11.6 Å². The number of benzene rings is 2. The molecule has 138 valence electrons. The molecule has 7 nitrogen and oxygen atoms in total. The van der Waals surface area contributed by atoms with Crippen molar-refractivity contribution in [2.45, 2.75) is 20.0 Å². The molecule has 27 heavy (non-hydrogen) atoms. The van der Waals surface area contributed by atoms with Crippen molar-refractivity contribution in [3.05, 3.63) is 68.7 Å². The van der Waals surface area contributed by atoms with Crippen LogP contribution in [0.25, 0.3) is 6.08 Å². The number of hydrogen-bond donors (Lipinski definition) is 1. The zero-order valence-electron chi connectivity index (χ0n) is 14.6. The number of anilines is 1. The normalized spacial score (nSPS) is 11.0. The van der Waals surface area contributed by atoms with Crippen LogP contribution in [0.1, 0.15) is 19.4 Å². The molecule has 0 saturated carbocycles. The summed E-state index contributed by atoms with van der Waals surface area (Å²) in [5, 5.41) is 22.9. The third kappa shape index (κ3) is 5.56. The van der Waals surface area contributed by atoms with Crippen molar-refractivity contribution < 1.29 is 14.5 Å². The topological polar surface area (TPSA) is 105 Å². The summed E-state index contributed by atoms with van der Waals surface area (Å²) >= 11 is 6.15. The van der Waals surface area contributed by atoms with Gasteiger partial charge in [0.25, 0.3) is 11.6 Å². The Morgan fingerprint density at radius 1 is 1.33 bits per heavy atom. The van der Waals surface area contributed by atoms with E-state index in [0.29, 0.717) is 16.3 Å². The van der Waals surface area contributed by atoms with E-state index in [1.165, 1.54) is 30.3 Å². The number of amides is 1. The average Bonchev–Trinajstić information content (AvgIpc) is 2.61. The first-order chi connectivity index (χ1) is 12.8. The molecular formula is C19H16ClN3O4. The summed E-state index contributed by atoms with van der Waals surface area (Å²) in [5.74, 6) is -0.181. The predicted octanol–water partition coefficient (Wildman–Crippen LogP) is 4.58. The molecule has 0 atom stereocenters. The molecule has 0 heterocycles. The van der Waals surface area contributed by atoms with E-state index in [1.54, 1.807) is 18.2 Å². The van der Waals surface area contributed by atoms with E-state index in [4.69, 9.17) is 16.3 Å². The van der Waals surface area contributed by atoms with Gasteiger partial charge in [-0.15, -0.1) is 0 Å². The summed E-state index contributed by atoms with van der Waals surface area (Å²) < 4.78 is 5.54. The van der Waals surface area contributed by atoms with Gasteiger partial charge >= 0.3 is 0 Å². The zero-order valence-corrected chi connectivity index (χ0v) is 15.4. The molecule has 0 radical (unpaired) electrons. The Kier molecular flexibility index (Phi) is 6.52. The number of halogens is 1. The lowest BCUT2D eigenvalue weighted by Gasteiger charge is -2.11. The van der Waals surface area contributed by atoms with Crippen LogP contribution in [0.5, 0.6) is 5.75 Å². The second kappa shape index (κ2) is 8.83. The second-order valence-electron chi connectivity index (χ2n) is 5.79. The number of nitro groups is 1. The van der Waals surface area contributed by atoms with Crippen LogP contribution in [-0.4, -0.2) is 16.9 Å². The number of nitrogens with zero attached hydrogens (tertiary/aromatic N) is 2. The maximum atomic E-state index is 12.3. The summed E-state index contributed by atoms with van der Waals surface area (Å²) in [6.07, 6.45) is 1.33. The van der Waals surface area contributed by atoms with Gasteiger partial charge in [-0.2, -0.15) is 5.26 Å². The van der Waals surface area contributed by atoms with Crippen molar-refractivity contribution in [2.75, 3.05) is 5.32 Å². The number of hydrogen-bond acceptors (Lipinski definition) is 5. The number of nitrogens with one attached hydrogen (secondary N) is 1. The number of non-ortho nitro benzene ring substituents is 1. The van der Waals surface area contributed by atoms with Gasteiger partial charge in [-0.3, -0.25) is 14.9 Å². The SMILES string of the molecule is CC(C)Oc1ccc(/C=C(\C#N)C(=O)Nc2cccc([N+](=O)[O-])c2)cc1Cl. The average molecular weight is 386 g/mol. The standard InChI is InChI=1S/C19H16ClN3O4/c1-12(2)27-18-7-6-13(9-17(18)20)8-14(11-21)19(24)22-15-4-3-5-16(10-15)23(25)26/h3-10,12H,1-2H3,(H,22,24)/b14-8+. The minimum atomic E-state index is -0.684. The maximum absolute atomic E-state index is 12.3. The van der Waals surface area contributed by atoms with Crippen molar-refractivity contribution in [2.24, 2.45) is 0 Å². The second-order valence-corrected chi connectivity index (χ2v) is 6.20. The lowest BCUT2D eigenvalue weighted by Crippen LogP contribution is -2.13. The first kappa shape index (κ1) is 19.9. The maximum Gasteiger partial charge on any atom is 0.271 e. The van der Waals surface area contributed by atoms with Crippen molar-refractivity contribution in [1.82, 2.24) is 0 Å². The van der Waals surface area contributed by atoms with E-state index in [2.05, 4.69) is 5.32 Å². The van der Waals surface area contributed by atoms with Gasteiger partial charge in [-0.1, -0.05) is 23.7 Å². The minimum Gasteiger partial charge on any atom is -0.489 e. The number of nitriles is 1. The Morgan fingerprint density at radius 2 is 2.07 bits per heavy atom. The summed E-state index contributed by atoms with van der Waals surface area (Å²) in [5.41, 5.74) is 0.425. The largest absolute Gasteiger partial charge is 0.489 e. The van der Waals surface area contributed by atoms with Gasteiger partial charge in [0.1, 0.15) is 17.4 Å². The van der Waals surface area contributed by atoms with E-state index in [9.17, 15) is 20.2 Å². The Balaban J connectivity index is 2.21. The van der Waals surface area contributed by atoms with Gasteiger partial charge in [0, 0.05) is 17.8 Å². The molecule has 8 heteroatoms. The zero-order chi connectivity index (χ0) is 20.0. The van der Waals surface area contributed by atoms with Crippen LogP contribution in [-0.2, 0) is 4.79 Å². The summed E-state index contributed by atoms with van der Waals surface area (Å²) in [6, 6.07) is 12.2. The first-order valence-electron chi connectivity index (χ1n) is 7.94. The molecule has 0 aromatic heterocycles. The van der Waals surface area contributed by atoms with E-state index >= 15 is 0 Å². The lowest BCUT2D eigenvalue weighted by molar-refractivity contribution is -0.384. The molecule has 2 rings (SSSR count). The van der Waals surface area contributed by atoms with Crippen molar-refractivity contribution in [3.8, 4) is 11.8 Å². The quantitative estimate of drug-likeness (QED) is 0.339. The van der Waals surface area contributed by atoms with E-state index in [-0.39, 0.29) is 23.1 Å². The van der Waals surface area contributed by atoms with Gasteiger partial charge in [0.05, 0.1) is 16.0 Å².